The van der Waals surface area contributed by atoms with Crippen molar-refractivity contribution in [2.75, 3.05) is 4.90 Å². The van der Waals surface area contributed by atoms with E-state index in [1.807, 2.05) is 90.6 Å². The van der Waals surface area contributed by atoms with E-state index in [4.69, 9.17) is 9.47 Å². The number of para-hydroxylation sites is 2. The smallest absolute Gasteiger partial charge is 0.222 e. The standard InChI is InChI=1S/C31H24N6O2/c1-36-17-16-33-31(36)28-21-30(35-22-34-28)39-27-19-25(18-26(20-27)38-29-14-8-9-15-32-29)37(23-10-4-2-5-11-23)24-12-6-3-7-13-24/h2-22H,1H3. The van der Waals surface area contributed by atoms with E-state index < -0.39 is 0 Å². The van der Waals surface area contributed by atoms with Gasteiger partial charge in [-0.05, 0) is 30.3 Å². The molecule has 6 rings (SSSR count). The van der Waals surface area contributed by atoms with Crippen molar-refractivity contribution in [2.45, 2.75) is 0 Å². The van der Waals surface area contributed by atoms with Crippen molar-refractivity contribution in [3.63, 3.8) is 0 Å². The molecule has 0 amide bonds. The van der Waals surface area contributed by atoms with Gasteiger partial charge in [-0.25, -0.2) is 19.9 Å². The zero-order valence-electron chi connectivity index (χ0n) is 21.1. The second kappa shape index (κ2) is 10.9. The highest BCUT2D eigenvalue weighted by molar-refractivity contribution is 5.78. The van der Waals surface area contributed by atoms with Gasteiger partial charge in [-0.3, -0.25) is 0 Å². The van der Waals surface area contributed by atoms with E-state index in [2.05, 4.69) is 49.1 Å². The monoisotopic (exact) mass is 512 g/mol. The highest BCUT2D eigenvalue weighted by atomic mass is 16.5. The summed E-state index contributed by atoms with van der Waals surface area (Å²) in [5.41, 5.74) is 3.48. The highest BCUT2D eigenvalue weighted by Crippen LogP contribution is 2.40. The summed E-state index contributed by atoms with van der Waals surface area (Å²) in [6.45, 7) is 0. The van der Waals surface area contributed by atoms with E-state index in [1.54, 1.807) is 18.5 Å². The van der Waals surface area contributed by atoms with E-state index in [9.17, 15) is 0 Å². The minimum absolute atomic E-state index is 0.384. The van der Waals surface area contributed by atoms with Gasteiger partial charge in [-0.15, -0.1) is 0 Å². The third kappa shape index (κ3) is 5.45. The Balaban J connectivity index is 1.43. The van der Waals surface area contributed by atoms with Gasteiger partial charge in [-0.1, -0.05) is 42.5 Å². The number of nitrogens with zero attached hydrogens (tertiary/aromatic N) is 6. The molecular weight excluding hydrogens is 488 g/mol. The van der Waals surface area contributed by atoms with Crippen LogP contribution in [0.2, 0.25) is 0 Å². The third-order valence-electron chi connectivity index (χ3n) is 5.93. The van der Waals surface area contributed by atoms with Crippen LogP contribution in [0.3, 0.4) is 0 Å². The van der Waals surface area contributed by atoms with Gasteiger partial charge in [0.05, 0.1) is 5.69 Å². The number of rotatable bonds is 8. The van der Waals surface area contributed by atoms with Gasteiger partial charge in [0.2, 0.25) is 11.8 Å². The first-order valence-corrected chi connectivity index (χ1v) is 12.3. The van der Waals surface area contributed by atoms with Gasteiger partial charge in [0.25, 0.3) is 0 Å². The fraction of sp³-hybridized carbons (Fsp3) is 0.0323. The van der Waals surface area contributed by atoms with Crippen LogP contribution in [0.1, 0.15) is 0 Å². The fourth-order valence-corrected chi connectivity index (χ4v) is 4.18. The van der Waals surface area contributed by atoms with Crippen LogP contribution in [-0.4, -0.2) is 24.5 Å². The second-order valence-electron chi connectivity index (χ2n) is 8.64. The number of ether oxygens (including phenoxy) is 2. The highest BCUT2D eigenvalue weighted by Gasteiger charge is 2.16. The summed E-state index contributed by atoms with van der Waals surface area (Å²) in [4.78, 5) is 19.5. The quantitative estimate of drug-likeness (QED) is 0.211. The van der Waals surface area contributed by atoms with Crippen LogP contribution in [-0.2, 0) is 7.05 Å². The number of aromatic nitrogens is 5. The van der Waals surface area contributed by atoms with E-state index in [1.165, 1.54) is 6.33 Å². The summed E-state index contributed by atoms with van der Waals surface area (Å²) in [6.07, 6.45) is 6.75. The zero-order chi connectivity index (χ0) is 26.4. The maximum atomic E-state index is 6.28. The first kappa shape index (κ1) is 23.9. The molecule has 0 saturated heterocycles. The lowest BCUT2D eigenvalue weighted by Crippen LogP contribution is -2.10. The van der Waals surface area contributed by atoms with Crippen molar-refractivity contribution in [3.8, 4) is 34.8 Å². The van der Waals surface area contributed by atoms with Crippen molar-refractivity contribution in [1.82, 2.24) is 24.5 Å². The summed E-state index contributed by atoms with van der Waals surface area (Å²) in [5.74, 6) is 2.69. The first-order chi connectivity index (χ1) is 19.2. The Bertz CT molecular complexity index is 1630. The molecule has 0 aliphatic rings. The second-order valence-corrected chi connectivity index (χ2v) is 8.64. The molecule has 0 atom stereocenters. The van der Waals surface area contributed by atoms with Gasteiger partial charge < -0.3 is 18.9 Å². The number of imidazole rings is 1. The van der Waals surface area contributed by atoms with Crippen molar-refractivity contribution in [3.05, 3.63) is 128 Å². The van der Waals surface area contributed by atoms with Crippen LogP contribution in [0.25, 0.3) is 11.5 Å². The lowest BCUT2D eigenvalue weighted by molar-refractivity contribution is 0.441. The summed E-state index contributed by atoms with van der Waals surface area (Å²) < 4.78 is 14.3. The van der Waals surface area contributed by atoms with E-state index >= 15 is 0 Å². The van der Waals surface area contributed by atoms with Crippen molar-refractivity contribution < 1.29 is 9.47 Å². The Morgan fingerprint density at radius 1 is 0.590 bits per heavy atom. The molecule has 0 radical (unpaired) electrons. The van der Waals surface area contributed by atoms with Gasteiger partial charge in [0.1, 0.15) is 23.5 Å². The largest absolute Gasteiger partial charge is 0.439 e. The Hall–Kier alpha value is -5.50. The SMILES string of the molecule is Cn1ccnc1-c1cc(Oc2cc(Oc3ccccn3)cc(N(c3ccccc3)c3ccccc3)c2)ncn1. The minimum Gasteiger partial charge on any atom is -0.439 e. The van der Waals surface area contributed by atoms with E-state index in [0.717, 1.165) is 22.9 Å². The maximum absolute atomic E-state index is 6.28. The van der Waals surface area contributed by atoms with Crippen LogP contribution >= 0.6 is 0 Å². The molecular formula is C31H24N6O2. The number of anilines is 3. The lowest BCUT2D eigenvalue weighted by Gasteiger charge is -2.26. The summed E-state index contributed by atoms with van der Waals surface area (Å²) in [7, 11) is 1.91. The molecule has 0 saturated carbocycles. The Labute approximate surface area is 225 Å². The number of hydrogen-bond donors (Lipinski definition) is 0. The van der Waals surface area contributed by atoms with Crippen LogP contribution < -0.4 is 14.4 Å². The zero-order valence-corrected chi connectivity index (χ0v) is 21.1. The molecule has 3 aromatic heterocycles. The van der Waals surface area contributed by atoms with Gasteiger partial charge >= 0.3 is 0 Å². The average Bonchev–Trinajstić information content (AvgIpc) is 3.41. The molecule has 0 N–H and O–H groups in total. The summed E-state index contributed by atoms with van der Waals surface area (Å²) >= 11 is 0. The summed E-state index contributed by atoms with van der Waals surface area (Å²) in [5, 5.41) is 0. The Morgan fingerprint density at radius 2 is 1.26 bits per heavy atom. The predicted octanol–water partition coefficient (Wildman–Crippen LogP) is 7.33. The average molecular weight is 513 g/mol. The molecule has 39 heavy (non-hydrogen) atoms. The molecule has 0 aliphatic heterocycles. The molecule has 0 unspecified atom stereocenters. The maximum Gasteiger partial charge on any atom is 0.222 e. The number of aryl methyl sites for hydroxylation is 1. The van der Waals surface area contributed by atoms with Crippen LogP contribution in [0.5, 0.6) is 23.3 Å². The van der Waals surface area contributed by atoms with Gasteiger partial charge in [0, 0.05) is 67.3 Å². The number of hydrogen-bond acceptors (Lipinski definition) is 7. The number of pyridine rings is 1. The normalized spacial score (nSPS) is 10.7. The van der Waals surface area contributed by atoms with Crippen molar-refractivity contribution in [1.29, 1.82) is 0 Å². The lowest BCUT2D eigenvalue weighted by atomic mass is 10.2. The molecule has 3 aromatic carbocycles. The van der Waals surface area contributed by atoms with Crippen LogP contribution in [0.4, 0.5) is 17.1 Å². The van der Waals surface area contributed by atoms with Crippen LogP contribution in [0, 0.1) is 0 Å². The van der Waals surface area contributed by atoms with Crippen molar-refractivity contribution in [2.24, 2.45) is 7.05 Å². The number of benzene rings is 3. The van der Waals surface area contributed by atoms with Crippen molar-refractivity contribution >= 4 is 17.1 Å². The molecule has 0 aliphatic carbocycles. The minimum atomic E-state index is 0.384. The topological polar surface area (TPSA) is 78.2 Å². The van der Waals surface area contributed by atoms with E-state index in [-0.39, 0.29) is 0 Å². The van der Waals surface area contributed by atoms with E-state index in [0.29, 0.717) is 29.0 Å². The molecule has 0 bridgehead atoms. The van der Waals surface area contributed by atoms with Gasteiger partial charge in [-0.2, -0.15) is 0 Å². The molecule has 8 heteroatoms. The summed E-state index contributed by atoms with van der Waals surface area (Å²) in [6, 6.07) is 33.3. The van der Waals surface area contributed by atoms with Crippen LogP contribution in [0.15, 0.2) is 128 Å². The molecule has 3 heterocycles. The Kier molecular flexibility index (Phi) is 6.65. The third-order valence-corrected chi connectivity index (χ3v) is 5.93. The molecule has 6 aromatic rings. The molecule has 8 nitrogen and oxygen atoms in total. The molecule has 0 spiro atoms. The molecule has 190 valence electrons. The fourth-order valence-electron chi connectivity index (χ4n) is 4.18. The first-order valence-electron chi connectivity index (χ1n) is 12.3. The van der Waals surface area contributed by atoms with Gasteiger partial charge in [0.15, 0.2) is 5.82 Å². The molecule has 0 fully saturated rings. The predicted molar refractivity (Wildman–Crippen MR) is 150 cm³/mol. The Morgan fingerprint density at radius 3 is 1.87 bits per heavy atom.